The summed E-state index contributed by atoms with van der Waals surface area (Å²) in [5, 5.41) is 10.9. The normalized spacial score (nSPS) is 15.2. The minimum absolute atomic E-state index is 0.116. The van der Waals surface area contributed by atoms with Gasteiger partial charge in [0.1, 0.15) is 0 Å². The molecule has 1 aliphatic heterocycles. The van der Waals surface area contributed by atoms with Gasteiger partial charge in [-0.2, -0.15) is 0 Å². The standard InChI is InChI=1S/C18H18ClN3O3/c19-17-12-15(22(24)25)6-7-16(17)18(23)21-10-8-20(9-11-21)13-14-4-2-1-3-5-14/h1-7,12H,8-11,13H2. The van der Waals surface area contributed by atoms with E-state index in [1.165, 1.54) is 23.8 Å². The van der Waals surface area contributed by atoms with Crippen LogP contribution in [0.1, 0.15) is 15.9 Å². The Morgan fingerprint density at radius 3 is 2.36 bits per heavy atom. The van der Waals surface area contributed by atoms with Crippen molar-refractivity contribution in [3.05, 3.63) is 74.8 Å². The molecule has 25 heavy (non-hydrogen) atoms. The zero-order valence-corrected chi connectivity index (χ0v) is 14.4. The molecule has 1 aliphatic rings. The molecule has 0 bridgehead atoms. The Balaban J connectivity index is 1.61. The van der Waals surface area contributed by atoms with Crippen molar-refractivity contribution in [2.24, 2.45) is 0 Å². The third kappa shape index (κ3) is 4.15. The predicted octanol–water partition coefficient (Wildman–Crippen LogP) is 3.21. The van der Waals surface area contributed by atoms with Crippen LogP contribution < -0.4 is 0 Å². The van der Waals surface area contributed by atoms with Crippen LogP contribution in [0.2, 0.25) is 5.02 Å². The quantitative estimate of drug-likeness (QED) is 0.621. The largest absolute Gasteiger partial charge is 0.336 e. The third-order valence-corrected chi connectivity index (χ3v) is 4.62. The molecule has 3 rings (SSSR count). The predicted molar refractivity (Wildman–Crippen MR) is 95.7 cm³/mol. The number of halogens is 1. The number of benzene rings is 2. The van der Waals surface area contributed by atoms with Gasteiger partial charge in [-0.25, -0.2) is 0 Å². The third-order valence-electron chi connectivity index (χ3n) is 4.30. The number of amides is 1. The van der Waals surface area contributed by atoms with Crippen molar-refractivity contribution in [2.45, 2.75) is 6.54 Å². The SMILES string of the molecule is O=C(c1ccc([N+](=O)[O-])cc1Cl)N1CCN(Cc2ccccc2)CC1. The number of nitro benzene ring substituents is 1. The number of carbonyl (C=O) groups excluding carboxylic acids is 1. The molecule has 1 fully saturated rings. The van der Waals surface area contributed by atoms with Crippen molar-refractivity contribution in [1.82, 2.24) is 9.80 Å². The van der Waals surface area contributed by atoms with Gasteiger partial charge in [-0.05, 0) is 11.6 Å². The lowest BCUT2D eigenvalue weighted by Gasteiger charge is -2.35. The van der Waals surface area contributed by atoms with Crippen molar-refractivity contribution in [3.63, 3.8) is 0 Å². The molecule has 1 saturated heterocycles. The first-order valence-electron chi connectivity index (χ1n) is 8.04. The van der Waals surface area contributed by atoms with Gasteiger partial charge in [-0.15, -0.1) is 0 Å². The summed E-state index contributed by atoms with van der Waals surface area (Å²) >= 11 is 6.06. The van der Waals surface area contributed by atoms with Crippen molar-refractivity contribution in [3.8, 4) is 0 Å². The van der Waals surface area contributed by atoms with E-state index in [4.69, 9.17) is 11.6 Å². The fraction of sp³-hybridized carbons (Fsp3) is 0.278. The monoisotopic (exact) mass is 359 g/mol. The lowest BCUT2D eigenvalue weighted by Crippen LogP contribution is -2.48. The Morgan fingerprint density at radius 1 is 1.08 bits per heavy atom. The van der Waals surface area contributed by atoms with Gasteiger partial charge in [-0.3, -0.25) is 19.8 Å². The summed E-state index contributed by atoms with van der Waals surface area (Å²) in [5.74, 6) is -0.181. The average molecular weight is 360 g/mol. The van der Waals surface area contributed by atoms with E-state index in [9.17, 15) is 14.9 Å². The molecule has 6 nitrogen and oxygen atoms in total. The Morgan fingerprint density at radius 2 is 1.76 bits per heavy atom. The van der Waals surface area contributed by atoms with Crippen LogP contribution in [0.5, 0.6) is 0 Å². The first-order valence-corrected chi connectivity index (χ1v) is 8.42. The van der Waals surface area contributed by atoms with Gasteiger partial charge in [0.2, 0.25) is 0 Å². The minimum atomic E-state index is -0.525. The minimum Gasteiger partial charge on any atom is -0.336 e. The molecule has 7 heteroatoms. The number of non-ortho nitro benzene ring substituents is 1. The Hall–Kier alpha value is -2.44. The molecule has 1 amide bonds. The van der Waals surface area contributed by atoms with E-state index in [1.54, 1.807) is 4.90 Å². The lowest BCUT2D eigenvalue weighted by atomic mass is 10.1. The molecular weight excluding hydrogens is 342 g/mol. The summed E-state index contributed by atoms with van der Waals surface area (Å²) in [4.78, 5) is 26.9. The molecule has 2 aromatic rings. The number of piperazine rings is 1. The fourth-order valence-corrected chi connectivity index (χ4v) is 3.17. The first kappa shape index (κ1) is 17.4. The summed E-state index contributed by atoms with van der Waals surface area (Å²) in [7, 11) is 0. The molecule has 0 unspecified atom stereocenters. The van der Waals surface area contributed by atoms with Crippen LogP contribution in [0, 0.1) is 10.1 Å². The molecule has 2 aromatic carbocycles. The summed E-state index contributed by atoms with van der Waals surface area (Å²) in [5.41, 5.74) is 1.44. The Kier molecular flexibility index (Phi) is 5.31. The van der Waals surface area contributed by atoms with Gasteiger partial charge in [0.15, 0.2) is 0 Å². The summed E-state index contributed by atoms with van der Waals surface area (Å²) < 4.78 is 0. The molecule has 0 N–H and O–H groups in total. The van der Waals surface area contributed by atoms with E-state index >= 15 is 0 Å². The van der Waals surface area contributed by atoms with E-state index in [2.05, 4.69) is 17.0 Å². The topological polar surface area (TPSA) is 66.7 Å². The Labute approximate surface area is 150 Å². The van der Waals surface area contributed by atoms with Crippen molar-refractivity contribution < 1.29 is 9.72 Å². The van der Waals surface area contributed by atoms with Gasteiger partial charge >= 0.3 is 0 Å². The van der Waals surface area contributed by atoms with E-state index in [0.29, 0.717) is 18.7 Å². The summed E-state index contributed by atoms with van der Waals surface area (Å²) in [6.07, 6.45) is 0. The number of nitro groups is 1. The van der Waals surface area contributed by atoms with Crippen LogP contribution >= 0.6 is 11.6 Å². The highest BCUT2D eigenvalue weighted by molar-refractivity contribution is 6.34. The van der Waals surface area contributed by atoms with E-state index in [1.807, 2.05) is 18.2 Å². The second-order valence-corrected chi connectivity index (χ2v) is 6.38. The highest BCUT2D eigenvalue weighted by Gasteiger charge is 2.24. The second-order valence-electron chi connectivity index (χ2n) is 5.98. The number of rotatable bonds is 4. The average Bonchev–Trinajstić information content (AvgIpc) is 2.62. The second kappa shape index (κ2) is 7.63. The highest BCUT2D eigenvalue weighted by Crippen LogP contribution is 2.24. The summed E-state index contributed by atoms with van der Waals surface area (Å²) in [6.45, 7) is 3.65. The maximum atomic E-state index is 12.6. The first-order chi connectivity index (χ1) is 12.0. The number of nitrogens with zero attached hydrogens (tertiary/aromatic N) is 3. The van der Waals surface area contributed by atoms with E-state index < -0.39 is 4.92 Å². The van der Waals surface area contributed by atoms with Gasteiger partial charge < -0.3 is 4.90 Å². The summed E-state index contributed by atoms with van der Waals surface area (Å²) in [6, 6.07) is 14.2. The number of hydrogen-bond acceptors (Lipinski definition) is 4. The Bertz CT molecular complexity index is 774. The highest BCUT2D eigenvalue weighted by atomic mass is 35.5. The molecule has 0 aliphatic carbocycles. The lowest BCUT2D eigenvalue weighted by molar-refractivity contribution is -0.384. The van der Waals surface area contributed by atoms with Crippen LogP contribution in [0.3, 0.4) is 0 Å². The smallest absolute Gasteiger partial charge is 0.270 e. The molecule has 1 heterocycles. The van der Waals surface area contributed by atoms with E-state index in [-0.39, 0.29) is 16.6 Å². The van der Waals surface area contributed by atoms with Crippen molar-refractivity contribution >= 4 is 23.2 Å². The maximum Gasteiger partial charge on any atom is 0.270 e. The molecule has 0 saturated carbocycles. The van der Waals surface area contributed by atoms with Crippen LogP contribution in [0.25, 0.3) is 0 Å². The number of carbonyl (C=O) groups is 1. The molecule has 130 valence electrons. The fourth-order valence-electron chi connectivity index (χ4n) is 2.91. The van der Waals surface area contributed by atoms with E-state index in [0.717, 1.165) is 19.6 Å². The number of hydrogen-bond donors (Lipinski definition) is 0. The molecular formula is C18H18ClN3O3. The molecule has 0 radical (unpaired) electrons. The van der Waals surface area contributed by atoms with Crippen LogP contribution in [-0.4, -0.2) is 46.8 Å². The molecule has 0 atom stereocenters. The van der Waals surface area contributed by atoms with Gasteiger partial charge in [0.05, 0.1) is 15.5 Å². The van der Waals surface area contributed by atoms with Crippen LogP contribution in [0.15, 0.2) is 48.5 Å². The van der Waals surface area contributed by atoms with Gasteiger partial charge in [0.25, 0.3) is 11.6 Å². The zero-order valence-electron chi connectivity index (χ0n) is 13.6. The van der Waals surface area contributed by atoms with Crippen LogP contribution in [0.4, 0.5) is 5.69 Å². The van der Waals surface area contributed by atoms with Crippen molar-refractivity contribution in [2.75, 3.05) is 26.2 Å². The zero-order chi connectivity index (χ0) is 17.8. The van der Waals surface area contributed by atoms with Gasteiger partial charge in [0, 0.05) is 44.9 Å². The van der Waals surface area contributed by atoms with Crippen molar-refractivity contribution in [1.29, 1.82) is 0 Å². The molecule has 0 aromatic heterocycles. The van der Waals surface area contributed by atoms with Gasteiger partial charge in [-0.1, -0.05) is 41.9 Å². The maximum absolute atomic E-state index is 12.6. The van der Waals surface area contributed by atoms with Crippen LogP contribution in [-0.2, 0) is 6.54 Å². The molecule has 0 spiro atoms.